The molecule has 0 radical (unpaired) electrons. The normalized spacial score (nSPS) is 14.8. The summed E-state index contributed by atoms with van der Waals surface area (Å²) < 4.78 is 16.6. The zero-order chi connectivity index (χ0) is 22.4. The molecule has 31 heavy (non-hydrogen) atoms. The summed E-state index contributed by atoms with van der Waals surface area (Å²) in [7, 11) is 3.13. The molecule has 0 unspecified atom stereocenters. The van der Waals surface area contributed by atoms with Crippen LogP contribution in [0.25, 0.3) is 6.08 Å². The van der Waals surface area contributed by atoms with Crippen LogP contribution in [0.3, 0.4) is 0 Å². The average molecular weight is 440 g/mol. The molecular formula is C24H25NO5S. The van der Waals surface area contributed by atoms with E-state index in [1.165, 1.54) is 4.90 Å². The van der Waals surface area contributed by atoms with Crippen LogP contribution in [0.2, 0.25) is 0 Å². The summed E-state index contributed by atoms with van der Waals surface area (Å²) in [4.78, 5) is 26.7. The maximum Gasteiger partial charge on any atom is 0.293 e. The van der Waals surface area contributed by atoms with Crippen molar-refractivity contribution in [1.29, 1.82) is 0 Å². The van der Waals surface area contributed by atoms with Crippen molar-refractivity contribution in [3.8, 4) is 17.2 Å². The van der Waals surface area contributed by atoms with Gasteiger partial charge in [0.05, 0.1) is 25.7 Å². The zero-order valence-corrected chi connectivity index (χ0v) is 18.7. The van der Waals surface area contributed by atoms with Gasteiger partial charge in [-0.15, -0.1) is 6.58 Å². The molecule has 1 saturated heterocycles. The number of amides is 2. The Morgan fingerprint density at radius 1 is 1.13 bits per heavy atom. The lowest BCUT2D eigenvalue weighted by atomic mass is 10.0. The molecule has 0 bridgehead atoms. The third-order valence-electron chi connectivity index (χ3n) is 4.69. The topological polar surface area (TPSA) is 65.1 Å². The van der Waals surface area contributed by atoms with Gasteiger partial charge in [0.15, 0.2) is 11.5 Å². The highest BCUT2D eigenvalue weighted by molar-refractivity contribution is 8.18. The van der Waals surface area contributed by atoms with Crippen LogP contribution in [0, 0.1) is 6.92 Å². The Morgan fingerprint density at radius 3 is 2.61 bits per heavy atom. The van der Waals surface area contributed by atoms with Crippen LogP contribution in [0.1, 0.15) is 16.7 Å². The molecule has 0 saturated carbocycles. The second kappa shape index (κ2) is 10.2. The smallest absolute Gasteiger partial charge is 0.293 e. The number of hydrogen-bond acceptors (Lipinski definition) is 6. The third-order valence-corrected chi connectivity index (χ3v) is 5.59. The molecule has 0 aromatic heterocycles. The molecule has 2 amide bonds. The minimum Gasteiger partial charge on any atom is -0.493 e. The lowest BCUT2D eigenvalue weighted by molar-refractivity contribution is -0.123. The van der Waals surface area contributed by atoms with Gasteiger partial charge in [-0.2, -0.15) is 0 Å². The van der Waals surface area contributed by atoms with Gasteiger partial charge in [-0.1, -0.05) is 18.2 Å². The fraction of sp³-hybridized carbons (Fsp3) is 0.250. The van der Waals surface area contributed by atoms with E-state index in [0.29, 0.717) is 28.6 Å². The number of benzene rings is 2. The van der Waals surface area contributed by atoms with Gasteiger partial charge in [0, 0.05) is 5.56 Å². The Bertz CT molecular complexity index is 1030. The molecule has 162 valence electrons. The number of ether oxygens (including phenoxy) is 3. The van der Waals surface area contributed by atoms with Gasteiger partial charge in [0.25, 0.3) is 11.1 Å². The van der Waals surface area contributed by atoms with Crippen LogP contribution in [0.15, 0.2) is 54.0 Å². The highest BCUT2D eigenvalue weighted by atomic mass is 32.2. The Balaban J connectivity index is 1.75. The number of methoxy groups -OCH3 is 2. The first-order chi connectivity index (χ1) is 15.0. The minimum atomic E-state index is -0.331. The van der Waals surface area contributed by atoms with Crippen molar-refractivity contribution in [2.75, 3.05) is 27.4 Å². The fourth-order valence-corrected chi connectivity index (χ4v) is 4.13. The number of allylic oxidation sites excluding steroid dienone is 1. The molecule has 0 spiro atoms. The number of rotatable bonds is 9. The third kappa shape index (κ3) is 5.30. The van der Waals surface area contributed by atoms with Crippen molar-refractivity contribution in [2.45, 2.75) is 13.3 Å². The van der Waals surface area contributed by atoms with Crippen molar-refractivity contribution in [1.82, 2.24) is 4.90 Å². The van der Waals surface area contributed by atoms with Crippen molar-refractivity contribution in [3.05, 3.63) is 70.6 Å². The van der Waals surface area contributed by atoms with E-state index in [1.54, 1.807) is 32.4 Å². The first kappa shape index (κ1) is 22.5. The number of nitrogens with zero attached hydrogens (tertiary/aromatic N) is 1. The van der Waals surface area contributed by atoms with E-state index < -0.39 is 0 Å². The molecule has 2 aromatic carbocycles. The maximum atomic E-state index is 12.8. The molecule has 0 aliphatic carbocycles. The van der Waals surface area contributed by atoms with Gasteiger partial charge in [-0.25, -0.2) is 0 Å². The van der Waals surface area contributed by atoms with Crippen molar-refractivity contribution < 1.29 is 23.8 Å². The molecule has 0 N–H and O–H groups in total. The van der Waals surface area contributed by atoms with Crippen molar-refractivity contribution >= 4 is 29.0 Å². The Labute approximate surface area is 186 Å². The molecule has 3 rings (SSSR count). The Morgan fingerprint density at radius 2 is 1.94 bits per heavy atom. The predicted octanol–water partition coefficient (Wildman–Crippen LogP) is 4.86. The Kier molecular flexibility index (Phi) is 7.41. The first-order valence-electron chi connectivity index (χ1n) is 9.77. The summed E-state index contributed by atoms with van der Waals surface area (Å²) in [6, 6.07) is 11.3. The number of thioether (sulfide) groups is 1. The van der Waals surface area contributed by atoms with Gasteiger partial charge in [-0.05, 0) is 66.6 Å². The second-order valence-corrected chi connectivity index (χ2v) is 7.90. The monoisotopic (exact) mass is 439 g/mol. The molecule has 2 aromatic rings. The predicted molar refractivity (Wildman–Crippen MR) is 123 cm³/mol. The van der Waals surface area contributed by atoms with Gasteiger partial charge >= 0.3 is 0 Å². The highest BCUT2D eigenvalue weighted by Gasteiger charge is 2.34. The molecule has 6 nitrogen and oxygen atoms in total. The summed E-state index contributed by atoms with van der Waals surface area (Å²) in [5.41, 5.74) is 2.71. The summed E-state index contributed by atoms with van der Waals surface area (Å²) in [5, 5.41) is -0.309. The van der Waals surface area contributed by atoms with Gasteiger partial charge in [-0.3, -0.25) is 14.5 Å². The van der Waals surface area contributed by atoms with Crippen molar-refractivity contribution in [3.63, 3.8) is 0 Å². The average Bonchev–Trinajstić information content (AvgIpc) is 3.01. The van der Waals surface area contributed by atoms with Crippen LogP contribution >= 0.6 is 11.8 Å². The lowest BCUT2D eigenvalue weighted by Gasteiger charge is -2.14. The lowest BCUT2D eigenvalue weighted by Crippen LogP contribution is -2.32. The van der Waals surface area contributed by atoms with E-state index in [2.05, 4.69) is 6.58 Å². The highest BCUT2D eigenvalue weighted by Crippen LogP contribution is 2.36. The van der Waals surface area contributed by atoms with Gasteiger partial charge < -0.3 is 14.2 Å². The molecule has 1 aliphatic heterocycles. The van der Waals surface area contributed by atoms with E-state index in [-0.39, 0.29) is 24.3 Å². The number of carbonyl (C=O) groups is 2. The standard InChI is InChI=1S/C24H25NO5S/c1-5-7-18-13-17(14-20(28-3)22(18)29-4)15-21-23(26)25(24(27)31-21)10-11-30-19-9-6-8-16(2)12-19/h5-6,8-9,12-15H,1,7,10-11H2,2-4H3/b21-15-. The fourth-order valence-electron chi connectivity index (χ4n) is 3.26. The van der Waals surface area contributed by atoms with Crippen LogP contribution < -0.4 is 14.2 Å². The zero-order valence-electron chi connectivity index (χ0n) is 17.8. The van der Waals surface area contributed by atoms with E-state index in [0.717, 1.165) is 28.5 Å². The second-order valence-electron chi connectivity index (χ2n) is 6.91. The molecule has 7 heteroatoms. The number of hydrogen-bond donors (Lipinski definition) is 0. The van der Waals surface area contributed by atoms with Crippen LogP contribution in [0.5, 0.6) is 17.2 Å². The SMILES string of the molecule is C=CCc1cc(/C=C2\SC(=O)N(CCOc3cccc(C)c3)C2=O)cc(OC)c1OC. The molecule has 1 aliphatic rings. The number of imide groups is 1. The number of aryl methyl sites for hydroxylation is 1. The molecule has 0 atom stereocenters. The van der Waals surface area contributed by atoms with Crippen LogP contribution in [-0.2, 0) is 11.2 Å². The summed E-state index contributed by atoms with van der Waals surface area (Å²) >= 11 is 0.919. The molecule has 1 fully saturated rings. The minimum absolute atomic E-state index is 0.184. The summed E-state index contributed by atoms with van der Waals surface area (Å²) in [5.74, 6) is 1.56. The quantitative estimate of drug-likeness (QED) is 0.411. The van der Waals surface area contributed by atoms with Gasteiger partial charge in [0.1, 0.15) is 12.4 Å². The van der Waals surface area contributed by atoms with Crippen LogP contribution in [0.4, 0.5) is 4.79 Å². The van der Waals surface area contributed by atoms with Crippen molar-refractivity contribution in [2.24, 2.45) is 0 Å². The van der Waals surface area contributed by atoms with E-state index >= 15 is 0 Å². The van der Waals surface area contributed by atoms with E-state index in [4.69, 9.17) is 14.2 Å². The number of carbonyl (C=O) groups excluding carboxylic acids is 2. The molecule has 1 heterocycles. The Hall–Kier alpha value is -3.19. The van der Waals surface area contributed by atoms with E-state index in [1.807, 2.05) is 37.3 Å². The van der Waals surface area contributed by atoms with Crippen LogP contribution in [-0.4, -0.2) is 43.4 Å². The summed E-state index contributed by atoms with van der Waals surface area (Å²) in [6.07, 6.45) is 4.04. The molecular weight excluding hydrogens is 414 g/mol. The largest absolute Gasteiger partial charge is 0.493 e. The van der Waals surface area contributed by atoms with Gasteiger partial charge in [0.2, 0.25) is 0 Å². The van der Waals surface area contributed by atoms with E-state index in [9.17, 15) is 9.59 Å². The maximum absolute atomic E-state index is 12.8. The first-order valence-corrected chi connectivity index (χ1v) is 10.6. The summed E-state index contributed by atoms with van der Waals surface area (Å²) in [6.45, 7) is 6.16.